The lowest BCUT2D eigenvalue weighted by Crippen LogP contribution is -2.69. The van der Waals surface area contributed by atoms with Crippen LogP contribution in [0.3, 0.4) is 0 Å². The number of phenolic OH excluding ortho intramolecular Hbond substituents is 1. The summed E-state index contributed by atoms with van der Waals surface area (Å²) in [4.78, 5) is 32.9. The molecule has 3 N–H and O–H groups in total. The summed E-state index contributed by atoms with van der Waals surface area (Å²) in [5, 5.41) is 46.5. The number of likely N-dealkylation sites (N-methyl/N-ethyl adjacent to an activating group) is 1. The van der Waals surface area contributed by atoms with E-state index >= 15 is 0 Å². The summed E-state index contributed by atoms with van der Waals surface area (Å²) in [6, 6.07) is 10.8. The standard InChI is InChI=1S/C43H57N3O9/c1-3-24-53-43-39(45(2)40(50)21-16-29-10-4-5-11-29)27-37(44-54-28-30-14-17-32(18-15-30)46(51)52)35-25-31(12-6-8-22-47)34(13-7-9-23-48)41(42(35)43)36-26-33(49)19-20-38(36)55-43/h3,14-15,17-20,25-26,29,31,34,39,41-42,47-49H,1,4-13,16,21-24,27-28H2,2H3/t31-,34+,39-,41+,42+,43+/m0/s1. The fraction of sp³-hybridized carbons (Fsp3) is 0.581. The number of aromatic hydroxyl groups is 1. The summed E-state index contributed by atoms with van der Waals surface area (Å²) in [6.07, 6.45) is 14.7. The molecule has 0 unspecified atom stereocenters. The maximum absolute atomic E-state index is 14.2. The first kappa shape index (κ1) is 40.4. The zero-order chi connectivity index (χ0) is 39.0. The molecule has 6 atom stereocenters. The second-order valence-corrected chi connectivity index (χ2v) is 15.7. The maximum Gasteiger partial charge on any atom is 0.269 e. The van der Waals surface area contributed by atoms with E-state index in [0.717, 1.165) is 61.6 Å². The number of hydrogen-bond donors (Lipinski definition) is 3. The third-order valence-corrected chi connectivity index (χ3v) is 12.3. The monoisotopic (exact) mass is 759 g/mol. The molecule has 298 valence electrons. The van der Waals surface area contributed by atoms with Crippen molar-refractivity contribution < 1.29 is 39.3 Å². The minimum absolute atomic E-state index is 0.00546. The van der Waals surface area contributed by atoms with Crippen molar-refractivity contribution in [3.05, 3.63) is 88.0 Å². The molecule has 12 nitrogen and oxygen atoms in total. The summed E-state index contributed by atoms with van der Waals surface area (Å²) < 4.78 is 14.0. The van der Waals surface area contributed by atoms with Gasteiger partial charge in [-0.25, -0.2) is 0 Å². The van der Waals surface area contributed by atoms with Crippen LogP contribution in [0.15, 0.2) is 71.9 Å². The summed E-state index contributed by atoms with van der Waals surface area (Å²) in [5.74, 6) is -0.629. The van der Waals surface area contributed by atoms with Crippen molar-refractivity contribution in [3.8, 4) is 11.5 Å². The molecule has 2 aromatic carbocycles. The quantitative estimate of drug-likeness (QED) is 0.0568. The summed E-state index contributed by atoms with van der Waals surface area (Å²) in [7, 11) is 1.83. The number of hydrogen-bond acceptors (Lipinski definition) is 10. The molecule has 0 spiro atoms. The van der Waals surface area contributed by atoms with Crippen molar-refractivity contribution in [1.82, 2.24) is 4.90 Å². The number of unbranched alkanes of at least 4 members (excludes halogenated alkanes) is 2. The van der Waals surface area contributed by atoms with Crippen molar-refractivity contribution in [2.45, 2.75) is 108 Å². The fourth-order valence-corrected chi connectivity index (χ4v) is 9.61. The number of nitrogens with zero attached hydrogens (tertiary/aromatic N) is 3. The normalized spacial score (nSPS) is 26.4. The third-order valence-electron chi connectivity index (χ3n) is 12.3. The minimum atomic E-state index is -1.34. The molecule has 55 heavy (non-hydrogen) atoms. The van der Waals surface area contributed by atoms with Crippen LogP contribution in [-0.2, 0) is 21.0 Å². The van der Waals surface area contributed by atoms with Crippen LogP contribution in [0.25, 0.3) is 0 Å². The number of amides is 1. The second kappa shape index (κ2) is 18.6. The van der Waals surface area contributed by atoms with Gasteiger partial charge in [0.15, 0.2) is 0 Å². The van der Waals surface area contributed by atoms with Crippen LogP contribution in [0.2, 0.25) is 0 Å². The maximum atomic E-state index is 14.2. The van der Waals surface area contributed by atoms with Gasteiger partial charge in [0.05, 0.1) is 23.2 Å². The SMILES string of the molecule is C=CCO[C@@]12Oc3ccc(O)cc3[C@H]3[C@H](CCCCO)[C@@H](CCCCO)C=C(C(=NOCc4ccc([N+](=O)[O-])cc4)C[C@@H]1N(C)C(=O)CCC1CCCC1)[C@H]32. The average molecular weight is 760 g/mol. The van der Waals surface area contributed by atoms with Crippen molar-refractivity contribution in [1.29, 1.82) is 0 Å². The van der Waals surface area contributed by atoms with Gasteiger partial charge in [-0.15, -0.1) is 6.58 Å². The van der Waals surface area contributed by atoms with Gasteiger partial charge < -0.3 is 34.5 Å². The van der Waals surface area contributed by atoms with Crippen LogP contribution in [-0.4, -0.2) is 75.5 Å². The molecule has 4 aliphatic rings. The van der Waals surface area contributed by atoms with E-state index in [9.17, 15) is 30.2 Å². The van der Waals surface area contributed by atoms with Gasteiger partial charge in [0.2, 0.25) is 11.7 Å². The second-order valence-electron chi connectivity index (χ2n) is 15.7. The number of aliphatic hydroxyl groups is 2. The molecule has 2 aromatic rings. The predicted molar refractivity (Wildman–Crippen MR) is 208 cm³/mol. The van der Waals surface area contributed by atoms with E-state index in [4.69, 9.17) is 19.5 Å². The number of carbonyl (C=O) groups is 1. The number of fused-ring (bicyclic) bond motifs is 2. The largest absolute Gasteiger partial charge is 0.508 e. The Hall–Kier alpha value is -4.26. The molecule has 0 radical (unpaired) electrons. The van der Waals surface area contributed by atoms with Crippen molar-refractivity contribution in [2.75, 3.05) is 26.9 Å². The van der Waals surface area contributed by atoms with Gasteiger partial charge in [-0.3, -0.25) is 14.9 Å². The van der Waals surface area contributed by atoms with E-state index in [1.165, 1.54) is 25.0 Å². The highest BCUT2D eigenvalue weighted by molar-refractivity contribution is 6.03. The third kappa shape index (κ3) is 8.92. The topological polar surface area (TPSA) is 164 Å². The number of nitro benzene ring substituents is 1. The Morgan fingerprint density at radius 3 is 2.49 bits per heavy atom. The number of non-ortho nitro benzene ring substituents is 1. The van der Waals surface area contributed by atoms with Crippen LogP contribution < -0.4 is 4.74 Å². The number of aliphatic hydroxyl groups excluding tert-OH is 2. The van der Waals surface area contributed by atoms with E-state index in [0.29, 0.717) is 36.6 Å². The van der Waals surface area contributed by atoms with E-state index in [2.05, 4.69) is 12.7 Å². The van der Waals surface area contributed by atoms with Gasteiger partial charge >= 0.3 is 0 Å². The fourth-order valence-electron chi connectivity index (χ4n) is 9.61. The number of benzene rings is 2. The van der Waals surface area contributed by atoms with Crippen LogP contribution in [0, 0.1) is 33.8 Å². The molecular weight excluding hydrogens is 702 g/mol. The summed E-state index contributed by atoms with van der Waals surface area (Å²) >= 11 is 0. The van der Waals surface area contributed by atoms with Gasteiger partial charge in [-0.2, -0.15) is 0 Å². The molecule has 1 amide bonds. The van der Waals surface area contributed by atoms with E-state index < -0.39 is 22.7 Å². The first-order valence-electron chi connectivity index (χ1n) is 20.1. The molecule has 0 saturated heterocycles. The lowest BCUT2D eigenvalue weighted by Gasteiger charge is -2.59. The summed E-state index contributed by atoms with van der Waals surface area (Å²) in [5.41, 5.74) is 3.14. The van der Waals surface area contributed by atoms with Gasteiger partial charge in [0.1, 0.15) is 24.1 Å². The molecule has 2 saturated carbocycles. The Labute approximate surface area is 324 Å². The highest BCUT2D eigenvalue weighted by Crippen LogP contribution is 2.61. The van der Waals surface area contributed by atoms with Crippen molar-refractivity contribution in [2.24, 2.45) is 28.8 Å². The highest BCUT2D eigenvalue weighted by atomic mass is 16.7. The Kier molecular flexibility index (Phi) is 13.7. The van der Waals surface area contributed by atoms with E-state index in [1.807, 2.05) is 7.05 Å². The molecule has 0 bridgehead atoms. The van der Waals surface area contributed by atoms with Gasteiger partial charge in [0.25, 0.3) is 5.69 Å². The van der Waals surface area contributed by atoms with Gasteiger partial charge in [-0.1, -0.05) is 55.8 Å². The van der Waals surface area contributed by atoms with Crippen molar-refractivity contribution in [3.63, 3.8) is 0 Å². The minimum Gasteiger partial charge on any atom is -0.508 e. The average Bonchev–Trinajstić information content (AvgIpc) is 3.72. The van der Waals surface area contributed by atoms with E-state index in [1.54, 1.807) is 41.3 Å². The number of allylic oxidation sites excluding steroid dienone is 1. The van der Waals surface area contributed by atoms with Crippen LogP contribution in [0.4, 0.5) is 5.69 Å². The van der Waals surface area contributed by atoms with Crippen LogP contribution >= 0.6 is 0 Å². The zero-order valence-corrected chi connectivity index (χ0v) is 32.0. The molecule has 0 aromatic heterocycles. The van der Waals surface area contributed by atoms with Crippen LogP contribution in [0.5, 0.6) is 11.5 Å². The number of phenols is 1. The molecule has 3 aliphatic carbocycles. The Morgan fingerprint density at radius 2 is 1.80 bits per heavy atom. The molecule has 1 heterocycles. The lowest BCUT2D eigenvalue weighted by molar-refractivity contribution is -0.384. The highest BCUT2D eigenvalue weighted by Gasteiger charge is 2.65. The Morgan fingerprint density at radius 1 is 1.07 bits per heavy atom. The smallest absolute Gasteiger partial charge is 0.269 e. The number of ether oxygens (including phenoxy) is 2. The number of nitro groups is 1. The van der Waals surface area contributed by atoms with Gasteiger partial charge in [-0.05, 0) is 91.3 Å². The molecule has 2 fully saturated rings. The predicted octanol–water partition coefficient (Wildman–Crippen LogP) is 7.56. The lowest BCUT2D eigenvalue weighted by atomic mass is 9.55. The summed E-state index contributed by atoms with van der Waals surface area (Å²) in [6.45, 7) is 4.40. The number of carbonyl (C=O) groups excluding carboxylic acids is 1. The first-order chi connectivity index (χ1) is 26.7. The van der Waals surface area contributed by atoms with Crippen LogP contribution in [0.1, 0.15) is 101 Å². The number of rotatable bonds is 19. The molecule has 12 heteroatoms. The molecule has 6 rings (SSSR count). The zero-order valence-electron chi connectivity index (χ0n) is 32.0. The van der Waals surface area contributed by atoms with Gasteiger partial charge in [0, 0.05) is 56.7 Å². The molecule has 1 aliphatic heterocycles. The van der Waals surface area contributed by atoms with Crippen molar-refractivity contribution >= 4 is 17.3 Å². The van der Waals surface area contributed by atoms with E-state index in [-0.39, 0.29) is 67.9 Å². The Balaban J connectivity index is 1.47. The first-order valence-corrected chi connectivity index (χ1v) is 20.1. The molecular formula is C43H57N3O9. The Bertz CT molecular complexity index is 1710. The number of oxime groups is 1.